The molecule has 1 aliphatic heterocycles. The Bertz CT molecular complexity index is 887. The molecular weight excluding hydrogens is 358 g/mol. The van der Waals surface area contributed by atoms with E-state index in [-0.39, 0.29) is 18.4 Å². The summed E-state index contributed by atoms with van der Waals surface area (Å²) in [7, 11) is 0. The van der Waals surface area contributed by atoms with E-state index in [1.807, 2.05) is 12.1 Å². The summed E-state index contributed by atoms with van der Waals surface area (Å²) in [6.45, 7) is 1.14. The number of carbonyl (C=O) groups excluding carboxylic acids is 2. The maximum atomic E-state index is 11.8. The third-order valence-electron chi connectivity index (χ3n) is 4.64. The fraction of sp³-hybridized carbons (Fsp3) is 0.368. The quantitative estimate of drug-likeness (QED) is 0.759. The summed E-state index contributed by atoms with van der Waals surface area (Å²) in [6.07, 6.45) is 8.20. The standard InChI is InChI=1S/C19H21N7O2/c20-4-1-18(27)26-7-2-13(3-8-26)25-17-10-14(24-12-16(17)19(21)28)9-15-11-22-5-6-23-15/h5-6,10-13H,1-3,7-9H2,(H2,21,28)(H,24,25). The van der Waals surface area contributed by atoms with Crippen LogP contribution < -0.4 is 11.1 Å². The number of primary amides is 1. The normalized spacial score (nSPS) is 14.3. The topological polar surface area (TPSA) is 138 Å². The van der Waals surface area contributed by atoms with Crippen molar-refractivity contribution in [1.82, 2.24) is 19.9 Å². The van der Waals surface area contributed by atoms with Crippen molar-refractivity contribution in [2.24, 2.45) is 5.73 Å². The Labute approximate surface area is 162 Å². The minimum Gasteiger partial charge on any atom is -0.381 e. The third kappa shape index (κ3) is 4.79. The van der Waals surface area contributed by atoms with Crippen molar-refractivity contribution in [1.29, 1.82) is 5.26 Å². The summed E-state index contributed by atoms with van der Waals surface area (Å²) in [5.74, 6) is -0.698. The van der Waals surface area contributed by atoms with E-state index in [9.17, 15) is 9.59 Å². The van der Waals surface area contributed by atoms with Gasteiger partial charge < -0.3 is 16.0 Å². The Morgan fingerprint density at radius 1 is 1.21 bits per heavy atom. The highest BCUT2D eigenvalue weighted by molar-refractivity contribution is 5.98. The summed E-state index contributed by atoms with van der Waals surface area (Å²) in [6, 6.07) is 3.79. The monoisotopic (exact) mass is 379 g/mol. The van der Waals surface area contributed by atoms with Crippen LogP contribution >= 0.6 is 0 Å². The van der Waals surface area contributed by atoms with Crippen molar-refractivity contribution < 1.29 is 9.59 Å². The van der Waals surface area contributed by atoms with Gasteiger partial charge >= 0.3 is 0 Å². The van der Waals surface area contributed by atoms with E-state index >= 15 is 0 Å². The zero-order chi connectivity index (χ0) is 19.9. The zero-order valence-electron chi connectivity index (χ0n) is 15.3. The number of amides is 2. The molecule has 0 radical (unpaired) electrons. The number of hydrogen-bond donors (Lipinski definition) is 2. The molecule has 3 heterocycles. The van der Waals surface area contributed by atoms with E-state index < -0.39 is 5.91 Å². The van der Waals surface area contributed by atoms with Crippen molar-refractivity contribution >= 4 is 17.5 Å². The van der Waals surface area contributed by atoms with Gasteiger partial charge in [0.1, 0.15) is 6.42 Å². The van der Waals surface area contributed by atoms with Crippen LogP contribution in [-0.2, 0) is 11.2 Å². The lowest BCUT2D eigenvalue weighted by Crippen LogP contribution is -2.42. The van der Waals surface area contributed by atoms with E-state index in [1.54, 1.807) is 23.5 Å². The van der Waals surface area contributed by atoms with Gasteiger partial charge in [0.15, 0.2) is 0 Å². The summed E-state index contributed by atoms with van der Waals surface area (Å²) < 4.78 is 0. The van der Waals surface area contributed by atoms with Crippen LogP contribution in [0.15, 0.2) is 30.9 Å². The number of anilines is 1. The minimum atomic E-state index is -0.553. The predicted molar refractivity (Wildman–Crippen MR) is 101 cm³/mol. The fourth-order valence-electron chi connectivity index (χ4n) is 3.19. The first-order valence-electron chi connectivity index (χ1n) is 9.01. The molecule has 9 heteroatoms. The van der Waals surface area contributed by atoms with Crippen LogP contribution in [-0.4, -0.2) is 50.8 Å². The van der Waals surface area contributed by atoms with Crippen LogP contribution in [0.3, 0.4) is 0 Å². The Morgan fingerprint density at radius 3 is 2.64 bits per heavy atom. The molecule has 1 saturated heterocycles. The van der Waals surface area contributed by atoms with Crippen molar-refractivity contribution in [2.75, 3.05) is 18.4 Å². The van der Waals surface area contributed by atoms with Gasteiger partial charge in [0.25, 0.3) is 5.91 Å². The van der Waals surface area contributed by atoms with Gasteiger partial charge in [-0.05, 0) is 18.9 Å². The molecule has 1 fully saturated rings. The van der Waals surface area contributed by atoms with Gasteiger partial charge in [0.05, 0.1) is 23.0 Å². The molecule has 2 amide bonds. The first kappa shape index (κ1) is 19.2. The number of nitrogens with zero attached hydrogens (tertiary/aromatic N) is 5. The zero-order valence-corrected chi connectivity index (χ0v) is 15.3. The van der Waals surface area contributed by atoms with Crippen LogP contribution in [0.1, 0.15) is 41.0 Å². The summed E-state index contributed by atoms with van der Waals surface area (Å²) in [4.78, 5) is 37.9. The summed E-state index contributed by atoms with van der Waals surface area (Å²) in [5.41, 5.74) is 7.97. The molecule has 0 bridgehead atoms. The van der Waals surface area contributed by atoms with E-state index in [2.05, 4.69) is 20.3 Å². The molecule has 1 aliphatic rings. The maximum Gasteiger partial charge on any atom is 0.252 e. The Kier molecular flexibility index (Phi) is 6.11. The highest BCUT2D eigenvalue weighted by Gasteiger charge is 2.23. The Morgan fingerprint density at radius 2 is 2.00 bits per heavy atom. The van der Waals surface area contributed by atoms with Gasteiger partial charge in [-0.15, -0.1) is 0 Å². The molecule has 0 aliphatic carbocycles. The molecule has 3 N–H and O–H groups in total. The van der Waals surface area contributed by atoms with Gasteiger partial charge in [0, 0.05) is 56.0 Å². The molecule has 2 aromatic heterocycles. The largest absolute Gasteiger partial charge is 0.381 e. The molecular formula is C19H21N7O2. The smallest absolute Gasteiger partial charge is 0.252 e. The molecule has 28 heavy (non-hydrogen) atoms. The first-order valence-corrected chi connectivity index (χ1v) is 9.01. The van der Waals surface area contributed by atoms with Crippen LogP contribution in [0.4, 0.5) is 5.69 Å². The second kappa shape index (κ2) is 8.90. The Balaban J connectivity index is 1.70. The predicted octanol–water partition coefficient (Wildman–Crippen LogP) is 0.878. The van der Waals surface area contributed by atoms with Crippen molar-refractivity contribution in [3.05, 3.63) is 47.8 Å². The lowest BCUT2D eigenvalue weighted by molar-refractivity contribution is -0.131. The van der Waals surface area contributed by atoms with E-state index in [4.69, 9.17) is 11.0 Å². The van der Waals surface area contributed by atoms with E-state index in [0.29, 0.717) is 30.8 Å². The number of aromatic nitrogens is 3. The lowest BCUT2D eigenvalue weighted by atomic mass is 10.0. The molecule has 3 rings (SSSR count). The van der Waals surface area contributed by atoms with Gasteiger partial charge in [-0.25, -0.2) is 0 Å². The number of piperidine rings is 1. The lowest BCUT2D eigenvalue weighted by Gasteiger charge is -2.32. The van der Waals surface area contributed by atoms with Crippen molar-refractivity contribution in [3.63, 3.8) is 0 Å². The molecule has 144 valence electrons. The average Bonchev–Trinajstić information content (AvgIpc) is 2.69. The van der Waals surface area contributed by atoms with E-state index in [1.165, 1.54) is 6.20 Å². The van der Waals surface area contributed by atoms with Gasteiger partial charge in [-0.2, -0.15) is 5.26 Å². The molecule has 0 aromatic carbocycles. The number of pyridine rings is 1. The number of nitrogens with one attached hydrogen (secondary N) is 1. The van der Waals surface area contributed by atoms with Gasteiger partial charge in [0.2, 0.25) is 5.91 Å². The number of carbonyl (C=O) groups is 2. The SMILES string of the molecule is N#CCC(=O)N1CCC(Nc2cc(Cc3cnccn3)ncc2C(N)=O)CC1. The second-order valence-corrected chi connectivity index (χ2v) is 6.59. The number of hydrogen-bond acceptors (Lipinski definition) is 7. The fourth-order valence-corrected chi connectivity index (χ4v) is 3.19. The van der Waals surface area contributed by atoms with Gasteiger partial charge in [-0.1, -0.05) is 0 Å². The van der Waals surface area contributed by atoms with E-state index in [0.717, 1.165) is 24.2 Å². The van der Waals surface area contributed by atoms with Crippen molar-refractivity contribution in [3.8, 4) is 6.07 Å². The third-order valence-corrected chi connectivity index (χ3v) is 4.64. The number of nitriles is 1. The highest BCUT2D eigenvalue weighted by Crippen LogP contribution is 2.22. The highest BCUT2D eigenvalue weighted by atomic mass is 16.2. The first-order chi connectivity index (χ1) is 13.6. The number of likely N-dealkylation sites (tertiary alicyclic amines) is 1. The van der Waals surface area contributed by atoms with Crippen LogP contribution in [0, 0.1) is 11.3 Å². The Hall–Kier alpha value is -3.54. The molecule has 0 saturated carbocycles. The van der Waals surface area contributed by atoms with Crippen LogP contribution in [0.2, 0.25) is 0 Å². The molecule has 0 atom stereocenters. The van der Waals surface area contributed by atoms with Crippen LogP contribution in [0.5, 0.6) is 0 Å². The number of rotatable bonds is 6. The molecule has 0 unspecified atom stereocenters. The molecule has 0 spiro atoms. The second-order valence-electron chi connectivity index (χ2n) is 6.59. The molecule has 2 aromatic rings. The van der Waals surface area contributed by atoms with Gasteiger partial charge in [-0.3, -0.25) is 24.5 Å². The number of nitrogens with two attached hydrogens (primary N) is 1. The van der Waals surface area contributed by atoms with Crippen LogP contribution in [0.25, 0.3) is 0 Å². The maximum absolute atomic E-state index is 11.8. The average molecular weight is 379 g/mol. The molecule has 9 nitrogen and oxygen atoms in total. The summed E-state index contributed by atoms with van der Waals surface area (Å²) in [5, 5.41) is 12.0. The minimum absolute atomic E-state index is 0.0935. The summed E-state index contributed by atoms with van der Waals surface area (Å²) >= 11 is 0. The van der Waals surface area contributed by atoms with Crippen molar-refractivity contribution in [2.45, 2.75) is 31.7 Å².